The molecule has 1 atom stereocenters. The molecule has 0 aromatic heterocycles. The molecule has 0 unspecified atom stereocenters. The molecule has 6 heteroatoms. The minimum absolute atomic E-state index is 0.165. The number of hydrogen-bond acceptors (Lipinski definition) is 3. The van der Waals surface area contributed by atoms with Gasteiger partial charge in [-0.3, -0.25) is 4.79 Å². The van der Waals surface area contributed by atoms with Crippen molar-refractivity contribution in [3.63, 3.8) is 0 Å². The molecule has 0 saturated carbocycles. The molecule has 0 spiro atoms. The van der Waals surface area contributed by atoms with Crippen LogP contribution in [0.25, 0.3) is 0 Å². The Morgan fingerprint density at radius 2 is 1.80 bits per heavy atom. The summed E-state index contributed by atoms with van der Waals surface area (Å²) < 4.78 is 18.3. The van der Waals surface area contributed by atoms with E-state index in [1.165, 1.54) is 18.3 Å². The van der Waals surface area contributed by atoms with Gasteiger partial charge in [-0.1, -0.05) is 42.5 Å². The van der Waals surface area contributed by atoms with Gasteiger partial charge in [0.2, 0.25) is 0 Å². The molecule has 0 bridgehead atoms. The number of carbonyl (C=O) groups is 1. The van der Waals surface area contributed by atoms with Crippen molar-refractivity contribution in [3.05, 3.63) is 71.5 Å². The van der Waals surface area contributed by atoms with Crippen LogP contribution in [0.4, 0.5) is 4.39 Å². The molecule has 1 aliphatic rings. The molecule has 2 N–H and O–H groups in total. The number of rotatable bonds is 5. The normalized spacial score (nSPS) is 16.7. The third-order valence-electron chi connectivity index (χ3n) is 4.20. The Labute approximate surface area is 146 Å². The van der Waals surface area contributed by atoms with Gasteiger partial charge in [-0.2, -0.15) is 5.10 Å². The average Bonchev–Trinajstić information content (AvgIpc) is 2.65. The fraction of sp³-hybridized carbons (Fsp3) is 0.263. The van der Waals surface area contributed by atoms with Crippen molar-refractivity contribution in [2.24, 2.45) is 5.10 Å². The molecule has 0 radical (unpaired) electrons. The molecule has 0 aliphatic carbocycles. The first-order valence-corrected chi connectivity index (χ1v) is 8.30. The number of quaternary nitrogens is 1. The molecular formula is C19H21FN3O2+. The van der Waals surface area contributed by atoms with Crippen LogP contribution in [0.1, 0.15) is 17.2 Å². The molecule has 1 heterocycles. The van der Waals surface area contributed by atoms with Crippen LogP contribution in [0.15, 0.2) is 59.7 Å². The largest absolute Gasteiger partial charge is 0.370 e. The van der Waals surface area contributed by atoms with Crippen LogP contribution in [-0.4, -0.2) is 38.4 Å². The van der Waals surface area contributed by atoms with Gasteiger partial charge < -0.3 is 9.64 Å². The lowest BCUT2D eigenvalue weighted by Gasteiger charge is -2.30. The molecule has 2 aromatic rings. The molecule has 25 heavy (non-hydrogen) atoms. The summed E-state index contributed by atoms with van der Waals surface area (Å²) in [4.78, 5) is 13.9. The molecule has 3 rings (SSSR count). The predicted molar refractivity (Wildman–Crippen MR) is 92.8 cm³/mol. The van der Waals surface area contributed by atoms with Gasteiger partial charge in [-0.25, -0.2) is 9.82 Å². The third-order valence-corrected chi connectivity index (χ3v) is 4.20. The number of hydrogen-bond donors (Lipinski definition) is 2. The van der Waals surface area contributed by atoms with E-state index in [4.69, 9.17) is 4.74 Å². The monoisotopic (exact) mass is 342 g/mol. The lowest BCUT2D eigenvalue weighted by atomic mass is 10.0. The number of nitrogens with zero attached hydrogens (tertiary/aromatic N) is 1. The van der Waals surface area contributed by atoms with Crippen molar-refractivity contribution < 1.29 is 18.8 Å². The molecule has 1 saturated heterocycles. The van der Waals surface area contributed by atoms with E-state index in [-0.39, 0.29) is 17.8 Å². The van der Waals surface area contributed by atoms with E-state index in [1.54, 1.807) is 12.1 Å². The summed E-state index contributed by atoms with van der Waals surface area (Å²) in [5, 5.41) is 4.02. The van der Waals surface area contributed by atoms with E-state index in [0.717, 1.165) is 29.1 Å². The van der Waals surface area contributed by atoms with Crippen LogP contribution >= 0.6 is 0 Å². The van der Waals surface area contributed by atoms with Crippen LogP contribution in [0.2, 0.25) is 0 Å². The highest BCUT2D eigenvalue weighted by Crippen LogP contribution is 2.10. The van der Waals surface area contributed by atoms with Gasteiger partial charge in [0.25, 0.3) is 0 Å². The number of benzene rings is 2. The first kappa shape index (κ1) is 17.3. The minimum Gasteiger partial charge on any atom is -0.370 e. The molecule has 1 aliphatic heterocycles. The number of carbonyl (C=O) groups excluding carboxylic acids is 1. The Bertz CT molecular complexity index is 713. The van der Waals surface area contributed by atoms with Crippen molar-refractivity contribution >= 4 is 12.1 Å². The zero-order valence-electron chi connectivity index (χ0n) is 13.8. The lowest BCUT2D eigenvalue weighted by molar-refractivity contribution is -0.929. The second kappa shape index (κ2) is 8.50. The standard InChI is InChI=1S/C19H20FN3O2/c20-17-8-6-15(7-9-17)14-21-22-19(24)18(16-4-2-1-3-5-16)23-10-12-25-13-11-23/h1-9,14,18H,10-13H2,(H,22,24)/p+1/t18-/m0/s1. The Balaban J connectivity index is 1.71. The van der Waals surface area contributed by atoms with Gasteiger partial charge in [0, 0.05) is 5.56 Å². The highest BCUT2D eigenvalue weighted by Gasteiger charge is 2.32. The number of halogens is 1. The van der Waals surface area contributed by atoms with E-state index in [0.29, 0.717) is 13.2 Å². The Morgan fingerprint density at radius 1 is 1.12 bits per heavy atom. The van der Waals surface area contributed by atoms with Crippen molar-refractivity contribution in [3.8, 4) is 0 Å². The Kier molecular flexibility index (Phi) is 5.87. The first-order valence-electron chi connectivity index (χ1n) is 8.30. The van der Waals surface area contributed by atoms with E-state index in [9.17, 15) is 9.18 Å². The van der Waals surface area contributed by atoms with Crippen molar-refractivity contribution in [1.82, 2.24) is 5.43 Å². The number of ether oxygens (including phenoxy) is 1. The highest BCUT2D eigenvalue weighted by atomic mass is 19.1. The number of nitrogens with one attached hydrogen (secondary N) is 2. The summed E-state index contributed by atoms with van der Waals surface area (Å²) in [5.41, 5.74) is 4.29. The predicted octanol–water partition coefficient (Wildman–Crippen LogP) is 0.932. The van der Waals surface area contributed by atoms with Crippen molar-refractivity contribution in [1.29, 1.82) is 0 Å². The van der Waals surface area contributed by atoms with Gasteiger partial charge in [-0.15, -0.1) is 0 Å². The van der Waals surface area contributed by atoms with Crippen LogP contribution in [0.3, 0.4) is 0 Å². The third kappa shape index (κ3) is 4.71. The summed E-state index contributed by atoms with van der Waals surface area (Å²) in [7, 11) is 0. The molecule has 2 aromatic carbocycles. The second-order valence-electron chi connectivity index (χ2n) is 5.90. The van der Waals surface area contributed by atoms with Crippen LogP contribution in [-0.2, 0) is 9.53 Å². The summed E-state index contributed by atoms with van der Waals surface area (Å²) in [6, 6.07) is 15.3. The smallest absolute Gasteiger partial charge is 0.303 e. The van der Waals surface area contributed by atoms with Gasteiger partial charge in [0.1, 0.15) is 18.9 Å². The van der Waals surface area contributed by atoms with Gasteiger partial charge in [-0.05, 0) is 17.7 Å². The van der Waals surface area contributed by atoms with E-state index in [1.807, 2.05) is 30.3 Å². The lowest BCUT2D eigenvalue weighted by Crippen LogP contribution is -3.15. The quantitative estimate of drug-likeness (QED) is 0.627. The van der Waals surface area contributed by atoms with E-state index >= 15 is 0 Å². The maximum absolute atomic E-state index is 12.9. The van der Waals surface area contributed by atoms with E-state index < -0.39 is 0 Å². The molecule has 130 valence electrons. The fourth-order valence-corrected chi connectivity index (χ4v) is 2.92. The molecule has 5 nitrogen and oxygen atoms in total. The van der Waals surface area contributed by atoms with Crippen molar-refractivity contribution in [2.75, 3.05) is 26.3 Å². The number of amides is 1. The zero-order valence-corrected chi connectivity index (χ0v) is 13.8. The summed E-state index contributed by atoms with van der Waals surface area (Å²) in [5.74, 6) is -0.470. The second-order valence-corrected chi connectivity index (χ2v) is 5.90. The fourth-order valence-electron chi connectivity index (χ4n) is 2.92. The van der Waals surface area contributed by atoms with Crippen LogP contribution < -0.4 is 10.3 Å². The Morgan fingerprint density at radius 3 is 2.48 bits per heavy atom. The summed E-state index contributed by atoms with van der Waals surface area (Å²) >= 11 is 0. The first-order chi connectivity index (χ1) is 12.2. The number of hydrazone groups is 1. The molecular weight excluding hydrogens is 321 g/mol. The maximum atomic E-state index is 12.9. The molecule has 1 amide bonds. The van der Waals surface area contributed by atoms with E-state index in [2.05, 4.69) is 10.5 Å². The number of morpholine rings is 1. The average molecular weight is 342 g/mol. The highest BCUT2D eigenvalue weighted by molar-refractivity contribution is 5.84. The van der Waals surface area contributed by atoms with Gasteiger partial charge in [0.15, 0.2) is 6.04 Å². The zero-order chi connectivity index (χ0) is 17.5. The van der Waals surface area contributed by atoms with Crippen LogP contribution in [0, 0.1) is 5.82 Å². The molecule has 1 fully saturated rings. The van der Waals surface area contributed by atoms with Crippen LogP contribution in [0.5, 0.6) is 0 Å². The topological polar surface area (TPSA) is 55.1 Å². The maximum Gasteiger partial charge on any atom is 0.303 e. The SMILES string of the molecule is O=C(NN=Cc1ccc(F)cc1)[C@H](c1ccccc1)[NH+]1CCOCC1. The summed E-state index contributed by atoms with van der Waals surface area (Å²) in [6.45, 7) is 2.83. The van der Waals surface area contributed by atoms with Crippen molar-refractivity contribution in [2.45, 2.75) is 6.04 Å². The van der Waals surface area contributed by atoms with Gasteiger partial charge in [0.05, 0.1) is 19.4 Å². The summed E-state index contributed by atoms with van der Waals surface area (Å²) in [6.07, 6.45) is 1.51. The Hall–Kier alpha value is -2.57. The van der Waals surface area contributed by atoms with Gasteiger partial charge >= 0.3 is 5.91 Å². The minimum atomic E-state index is -0.338.